The topological polar surface area (TPSA) is 32.3 Å². The van der Waals surface area contributed by atoms with Crippen molar-refractivity contribution in [3.05, 3.63) is 0 Å². The summed E-state index contributed by atoms with van der Waals surface area (Å²) < 4.78 is 0. The van der Waals surface area contributed by atoms with Gasteiger partial charge in [0.25, 0.3) is 0 Å². The zero-order valence-electron chi connectivity index (χ0n) is 10.7. The molecule has 2 amide bonds. The van der Waals surface area contributed by atoms with Crippen LogP contribution < -0.4 is 5.32 Å². The van der Waals surface area contributed by atoms with Crippen molar-refractivity contribution in [2.24, 2.45) is 0 Å². The first-order valence-electron chi connectivity index (χ1n) is 6.09. The fourth-order valence-electron chi connectivity index (χ4n) is 1.55. The van der Waals surface area contributed by atoms with Crippen LogP contribution in [0.3, 0.4) is 0 Å². The van der Waals surface area contributed by atoms with E-state index in [4.69, 9.17) is 0 Å². The van der Waals surface area contributed by atoms with Crippen LogP contribution in [0.15, 0.2) is 0 Å². The molecule has 3 heteroatoms. The Morgan fingerprint density at radius 2 is 1.67 bits per heavy atom. The lowest BCUT2D eigenvalue weighted by atomic mass is 9.96. The van der Waals surface area contributed by atoms with Crippen LogP contribution in [0.5, 0.6) is 0 Å². The molecule has 0 spiro atoms. The van der Waals surface area contributed by atoms with Gasteiger partial charge in [0.05, 0.1) is 0 Å². The van der Waals surface area contributed by atoms with Crippen molar-refractivity contribution in [2.45, 2.75) is 58.4 Å². The molecule has 0 saturated heterocycles. The molecule has 0 bridgehead atoms. The molecule has 90 valence electrons. The fraction of sp³-hybridized carbons (Fsp3) is 0.917. The molecule has 1 rings (SSSR count). The van der Waals surface area contributed by atoms with Crippen LogP contribution in [0.4, 0.5) is 4.79 Å². The van der Waals surface area contributed by atoms with Gasteiger partial charge in [-0.2, -0.15) is 0 Å². The van der Waals surface area contributed by atoms with Crippen LogP contribution in [0, 0.1) is 0 Å². The first-order chi connectivity index (χ1) is 7.11. The molecule has 0 aliphatic heterocycles. The zero-order valence-corrected chi connectivity index (χ0v) is 10.7. The third-order valence-electron chi connectivity index (χ3n) is 2.34. The van der Waals surface area contributed by atoms with E-state index >= 15 is 0 Å². The number of hydrogen-bond donors (Lipinski definition) is 1. The van der Waals surface area contributed by atoms with E-state index in [0.717, 1.165) is 12.8 Å². The highest BCUT2D eigenvalue weighted by Gasteiger charge is 2.15. The van der Waals surface area contributed by atoms with Crippen LogP contribution in [0.25, 0.3) is 0 Å². The maximum absolute atomic E-state index is 11.2. The van der Waals surface area contributed by atoms with E-state index in [9.17, 15) is 4.79 Å². The summed E-state index contributed by atoms with van der Waals surface area (Å²) >= 11 is 0. The van der Waals surface area contributed by atoms with Crippen LogP contribution in [0.2, 0.25) is 0 Å². The number of hydrogen-bond acceptors (Lipinski definition) is 1. The Bertz CT molecular complexity index is 163. The van der Waals surface area contributed by atoms with E-state index in [1.807, 2.05) is 0 Å². The molecule has 1 saturated carbocycles. The normalized spacial score (nSPS) is 16.3. The van der Waals surface area contributed by atoms with Crippen molar-refractivity contribution in [1.29, 1.82) is 0 Å². The van der Waals surface area contributed by atoms with Gasteiger partial charge in [0.1, 0.15) is 0 Å². The third-order valence-corrected chi connectivity index (χ3v) is 2.34. The standard InChI is InChI=1S/C9H18N2O.C3H8/c1-11(2)9(12)10-8-6-4-3-5-7-8;1-3-2/h8H,3-7H2,1-2H3,(H,10,12);3H2,1-2H3. The van der Waals surface area contributed by atoms with Gasteiger partial charge in [-0.1, -0.05) is 39.5 Å². The van der Waals surface area contributed by atoms with Crippen molar-refractivity contribution in [2.75, 3.05) is 14.1 Å². The maximum atomic E-state index is 11.2. The molecule has 0 heterocycles. The lowest BCUT2D eigenvalue weighted by Crippen LogP contribution is -2.42. The molecule has 0 atom stereocenters. The van der Waals surface area contributed by atoms with Gasteiger partial charge in [0.15, 0.2) is 0 Å². The Morgan fingerprint density at radius 3 is 2.07 bits per heavy atom. The number of carbonyl (C=O) groups excluding carboxylic acids is 1. The lowest BCUT2D eigenvalue weighted by Gasteiger charge is -2.24. The molecule has 15 heavy (non-hydrogen) atoms. The number of urea groups is 1. The molecule has 0 radical (unpaired) electrons. The van der Waals surface area contributed by atoms with Crippen molar-refractivity contribution < 1.29 is 4.79 Å². The molecular formula is C12H26N2O. The highest BCUT2D eigenvalue weighted by molar-refractivity contribution is 5.73. The average molecular weight is 214 g/mol. The first kappa shape index (κ1) is 14.3. The van der Waals surface area contributed by atoms with E-state index < -0.39 is 0 Å². The van der Waals surface area contributed by atoms with Crippen LogP contribution >= 0.6 is 0 Å². The lowest BCUT2D eigenvalue weighted by molar-refractivity contribution is 0.209. The molecule has 1 aliphatic rings. The minimum absolute atomic E-state index is 0.0434. The Labute approximate surface area is 94.2 Å². The van der Waals surface area contributed by atoms with E-state index in [1.165, 1.54) is 25.7 Å². The van der Waals surface area contributed by atoms with Gasteiger partial charge in [-0.3, -0.25) is 0 Å². The number of rotatable bonds is 1. The van der Waals surface area contributed by atoms with E-state index in [1.54, 1.807) is 19.0 Å². The molecule has 0 aromatic carbocycles. The highest BCUT2D eigenvalue weighted by atomic mass is 16.2. The van der Waals surface area contributed by atoms with Gasteiger partial charge < -0.3 is 10.2 Å². The van der Waals surface area contributed by atoms with Crippen LogP contribution in [-0.4, -0.2) is 31.1 Å². The predicted molar refractivity (Wildman–Crippen MR) is 65.1 cm³/mol. The average Bonchev–Trinajstić information content (AvgIpc) is 2.20. The molecule has 1 N–H and O–H groups in total. The fourth-order valence-corrected chi connectivity index (χ4v) is 1.55. The van der Waals surface area contributed by atoms with Gasteiger partial charge in [-0.05, 0) is 12.8 Å². The second-order valence-corrected chi connectivity index (χ2v) is 4.39. The first-order valence-corrected chi connectivity index (χ1v) is 6.09. The second-order valence-electron chi connectivity index (χ2n) is 4.39. The summed E-state index contributed by atoms with van der Waals surface area (Å²) in [6, 6.07) is 0.468. The molecular weight excluding hydrogens is 188 g/mol. The van der Waals surface area contributed by atoms with E-state index in [0.29, 0.717) is 6.04 Å². The SMILES string of the molecule is CCC.CN(C)C(=O)NC1CCCCC1. The smallest absolute Gasteiger partial charge is 0.317 e. The number of nitrogens with one attached hydrogen (secondary N) is 1. The second kappa shape index (κ2) is 8.57. The van der Waals surface area contributed by atoms with Crippen molar-refractivity contribution in [3.63, 3.8) is 0 Å². The molecule has 0 aromatic heterocycles. The number of amides is 2. The minimum Gasteiger partial charge on any atom is -0.335 e. The summed E-state index contributed by atoms with van der Waals surface area (Å²) in [5, 5.41) is 3.01. The molecule has 1 aliphatic carbocycles. The van der Waals surface area contributed by atoms with Crippen LogP contribution in [0.1, 0.15) is 52.4 Å². The largest absolute Gasteiger partial charge is 0.335 e. The summed E-state index contributed by atoms with van der Waals surface area (Å²) in [6.07, 6.45) is 7.41. The van der Waals surface area contributed by atoms with Crippen molar-refractivity contribution in [1.82, 2.24) is 10.2 Å². The van der Waals surface area contributed by atoms with Crippen LogP contribution in [-0.2, 0) is 0 Å². The third kappa shape index (κ3) is 7.23. The Hall–Kier alpha value is -0.730. The summed E-state index contributed by atoms with van der Waals surface area (Å²) in [5.74, 6) is 0. The van der Waals surface area contributed by atoms with Gasteiger partial charge in [0, 0.05) is 20.1 Å². The van der Waals surface area contributed by atoms with Gasteiger partial charge >= 0.3 is 6.03 Å². The summed E-state index contributed by atoms with van der Waals surface area (Å²) in [6.45, 7) is 4.25. The van der Waals surface area contributed by atoms with Gasteiger partial charge in [0.2, 0.25) is 0 Å². The summed E-state index contributed by atoms with van der Waals surface area (Å²) in [4.78, 5) is 12.8. The monoisotopic (exact) mass is 214 g/mol. The Kier molecular flexibility index (Phi) is 8.15. The zero-order chi connectivity index (χ0) is 11.7. The summed E-state index contributed by atoms with van der Waals surface area (Å²) in [5.41, 5.74) is 0. The maximum Gasteiger partial charge on any atom is 0.317 e. The van der Waals surface area contributed by atoms with Gasteiger partial charge in [-0.25, -0.2) is 4.79 Å². The Morgan fingerprint density at radius 1 is 1.20 bits per heavy atom. The highest BCUT2D eigenvalue weighted by Crippen LogP contribution is 2.17. The van der Waals surface area contributed by atoms with Gasteiger partial charge in [-0.15, -0.1) is 0 Å². The Balaban J connectivity index is 0.000000583. The quantitative estimate of drug-likeness (QED) is 0.715. The van der Waals surface area contributed by atoms with E-state index in [-0.39, 0.29) is 6.03 Å². The minimum atomic E-state index is 0.0434. The number of nitrogens with zero attached hydrogens (tertiary/aromatic N) is 1. The van der Waals surface area contributed by atoms with Crippen molar-refractivity contribution in [3.8, 4) is 0 Å². The number of carbonyl (C=O) groups is 1. The molecule has 3 nitrogen and oxygen atoms in total. The predicted octanol–water partition coefficient (Wildman–Crippen LogP) is 3.01. The summed E-state index contributed by atoms with van der Waals surface area (Å²) in [7, 11) is 3.55. The van der Waals surface area contributed by atoms with Crippen molar-refractivity contribution >= 4 is 6.03 Å². The molecule has 0 aromatic rings. The molecule has 0 unspecified atom stereocenters. The van der Waals surface area contributed by atoms with E-state index in [2.05, 4.69) is 19.2 Å². The molecule has 1 fully saturated rings.